The van der Waals surface area contributed by atoms with Gasteiger partial charge >= 0.3 is 5.97 Å². The molecule has 4 atom stereocenters. The van der Waals surface area contributed by atoms with Crippen LogP contribution in [0.3, 0.4) is 0 Å². The number of ether oxygens (including phenoxy) is 1. The largest absolute Gasteiger partial charge is 0.438 e. The van der Waals surface area contributed by atoms with E-state index < -0.39 is 23.3 Å². The first-order chi connectivity index (χ1) is 17.9. The Morgan fingerprint density at radius 3 is 2.16 bits per heavy atom. The average molecular weight is 497 g/mol. The Kier molecular flexibility index (Phi) is 6.59. The summed E-state index contributed by atoms with van der Waals surface area (Å²) in [6.45, 7) is 3.82. The molecule has 3 aromatic carbocycles. The molecular weight excluding hydrogens is 464 g/mol. The first kappa shape index (κ1) is 24.8. The number of hydrogen-bond donors (Lipinski definition) is 1. The van der Waals surface area contributed by atoms with E-state index in [9.17, 15) is 14.4 Å². The predicted molar refractivity (Wildman–Crippen MR) is 141 cm³/mol. The summed E-state index contributed by atoms with van der Waals surface area (Å²) >= 11 is 0. The summed E-state index contributed by atoms with van der Waals surface area (Å²) in [5.74, 6) is -1.36. The third-order valence-electron chi connectivity index (χ3n) is 7.68. The van der Waals surface area contributed by atoms with Crippen molar-refractivity contribution in [2.75, 3.05) is 0 Å². The van der Waals surface area contributed by atoms with Gasteiger partial charge in [0.15, 0.2) is 5.72 Å². The van der Waals surface area contributed by atoms with Crippen molar-refractivity contribution < 1.29 is 19.1 Å². The van der Waals surface area contributed by atoms with E-state index in [2.05, 4.69) is 5.32 Å². The number of carbonyl (C=O) groups excluding carboxylic acids is 3. The van der Waals surface area contributed by atoms with Crippen LogP contribution in [0.5, 0.6) is 0 Å². The number of fused-ring (bicyclic) bond motifs is 1. The molecular formula is C31H32N2O4. The van der Waals surface area contributed by atoms with Crippen LogP contribution in [-0.4, -0.2) is 40.0 Å². The van der Waals surface area contributed by atoms with E-state index in [-0.39, 0.29) is 17.7 Å². The molecule has 6 heteroatoms. The van der Waals surface area contributed by atoms with Crippen molar-refractivity contribution in [2.45, 2.75) is 62.8 Å². The Balaban J connectivity index is 1.61. The number of rotatable bonds is 7. The van der Waals surface area contributed by atoms with E-state index in [0.29, 0.717) is 31.2 Å². The normalized spacial score (nSPS) is 26.9. The van der Waals surface area contributed by atoms with Gasteiger partial charge in [-0.15, -0.1) is 0 Å². The number of carbonyl (C=O) groups is 3. The molecule has 0 aromatic heterocycles. The second kappa shape index (κ2) is 9.85. The van der Waals surface area contributed by atoms with Crippen LogP contribution in [0.15, 0.2) is 91.0 Å². The minimum atomic E-state index is -1.23. The molecule has 2 heterocycles. The lowest BCUT2D eigenvalue weighted by molar-refractivity contribution is -0.174. The van der Waals surface area contributed by atoms with Crippen LogP contribution in [0.4, 0.5) is 0 Å². The lowest BCUT2D eigenvalue weighted by Crippen LogP contribution is -2.71. The maximum Gasteiger partial charge on any atom is 0.331 e. The number of hydrogen-bond acceptors (Lipinski definition) is 4. The van der Waals surface area contributed by atoms with Gasteiger partial charge in [0.05, 0.1) is 0 Å². The highest BCUT2D eigenvalue weighted by atomic mass is 16.6. The summed E-state index contributed by atoms with van der Waals surface area (Å²) in [6.07, 6.45) is 1.84. The Labute approximate surface area is 217 Å². The molecule has 0 spiro atoms. The summed E-state index contributed by atoms with van der Waals surface area (Å²) in [7, 11) is 0. The molecule has 0 bridgehead atoms. The van der Waals surface area contributed by atoms with Gasteiger partial charge in [0, 0.05) is 24.3 Å². The highest BCUT2D eigenvalue weighted by molar-refractivity contribution is 6.02. The van der Waals surface area contributed by atoms with Gasteiger partial charge < -0.3 is 10.1 Å². The van der Waals surface area contributed by atoms with Crippen LogP contribution in [0.2, 0.25) is 0 Å². The average Bonchev–Trinajstić information content (AvgIpc) is 3.17. The first-order valence-electron chi connectivity index (χ1n) is 12.9. The van der Waals surface area contributed by atoms with E-state index in [1.165, 1.54) is 0 Å². The fourth-order valence-corrected chi connectivity index (χ4v) is 6.02. The monoisotopic (exact) mass is 496 g/mol. The molecule has 2 fully saturated rings. The van der Waals surface area contributed by atoms with Crippen LogP contribution in [-0.2, 0) is 20.7 Å². The van der Waals surface area contributed by atoms with Crippen LogP contribution in [0, 0.1) is 0 Å². The Morgan fingerprint density at radius 1 is 0.946 bits per heavy atom. The number of nitrogens with zero attached hydrogens (tertiary/aromatic N) is 1. The molecule has 2 amide bonds. The van der Waals surface area contributed by atoms with Crippen molar-refractivity contribution in [2.24, 2.45) is 0 Å². The quantitative estimate of drug-likeness (QED) is 0.474. The molecule has 0 unspecified atom stereocenters. The zero-order valence-electron chi connectivity index (χ0n) is 21.2. The molecule has 0 saturated carbocycles. The van der Waals surface area contributed by atoms with Crippen LogP contribution >= 0.6 is 0 Å². The third-order valence-corrected chi connectivity index (χ3v) is 7.68. The van der Waals surface area contributed by atoms with Crippen LogP contribution in [0.25, 0.3) is 0 Å². The summed E-state index contributed by atoms with van der Waals surface area (Å²) in [4.78, 5) is 43.1. The first-order valence-corrected chi connectivity index (χ1v) is 12.9. The number of amides is 2. The van der Waals surface area contributed by atoms with Crippen molar-refractivity contribution in [1.29, 1.82) is 0 Å². The van der Waals surface area contributed by atoms with Gasteiger partial charge in [0.2, 0.25) is 0 Å². The summed E-state index contributed by atoms with van der Waals surface area (Å²) < 4.78 is 5.97. The lowest BCUT2D eigenvalue weighted by atomic mass is 9.68. The van der Waals surface area contributed by atoms with Gasteiger partial charge in [-0.1, -0.05) is 92.2 Å². The zero-order chi connectivity index (χ0) is 26.0. The van der Waals surface area contributed by atoms with Crippen molar-refractivity contribution in [3.05, 3.63) is 108 Å². The lowest BCUT2D eigenvalue weighted by Gasteiger charge is -2.52. The molecule has 3 aromatic rings. The van der Waals surface area contributed by atoms with Crippen molar-refractivity contribution in [3.63, 3.8) is 0 Å². The highest BCUT2D eigenvalue weighted by Gasteiger charge is 2.65. The Morgan fingerprint density at radius 2 is 1.54 bits per heavy atom. The highest BCUT2D eigenvalue weighted by Crippen LogP contribution is 2.50. The molecule has 1 N–H and O–H groups in total. The number of benzene rings is 3. The second-order valence-electron chi connectivity index (χ2n) is 10.2. The van der Waals surface area contributed by atoms with Crippen molar-refractivity contribution in [1.82, 2.24) is 10.2 Å². The summed E-state index contributed by atoms with van der Waals surface area (Å²) in [5, 5.41) is 3.18. The fourth-order valence-electron chi connectivity index (χ4n) is 6.02. The van der Waals surface area contributed by atoms with Gasteiger partial charge in [0.25, 0.3) is 11.8 Å². The van der Waals surface area contributed by atoms with E-state index in [1.807, 2.05) is 80.6 Å². The maximum absolute atomic E-state index is 14.7. The van der Waals surface area contributed by atoms with Gasteiger partial charge in [-0.05, 0) is 36.6 Å². The SMILES string of the molecule is CCC[C@]1(NC(=O)c2ccccc2)C(=O)N2[C@@H](Cc3ccccc3)C(=O)O[C@]2(C)C[C@@H]1c1ccccc1. The molecule has 6 nitrogen and oxygen atoms in total. The second-order valence-corrected chi connectivity index (χ2v) is 10.2. The fraction of sp³-hybridized carbons (Fsp3) is 0.323. The predicted octanol–water partition coefficient (Wildman–Crippen LogP) is 4.86. The molecule has 2 aliphatic heterocycles. The molecule has 0 radical (unpaired) electrons. The van der Waals surface area contributed by atoms with E-state index in [4.69, 9.17) is 4.74 Å². The maximum atomic E-state index is 14.7. The molecule has 0 aliphatic carbocycles. The topological polar surface area (TPSA) is 75.7 Å². The molecule has 37 heavy (non-hydrogen) atoms. The zero-order valence-corrected chi connectivity index (χ0v) is 21.2. The number of nitrogens with one attached hydrogen (secondary N) is 1. The van der Waals surface area contributed by atoms with E-state index in [0.717, 1.165) is 11.1 Å². The van der Waals surface area contributed by atoms with Crippen LogP contribution < -0.4 is 5.32 Å². The van der Waals surface area contributed by atoms with Crippen LogP contribution in [0.1, 0.15) is 60.5 Å². The summed E-state index contributed by atoms with van der Waals surface area (Å²) in [6, 6.07) is 27.6. The Hall–Kier alpha value is -3.93. The minimum Gasteiger partial charge on any atom is -0.438 e. The number of piperidine rings is 1. The standard InChI is InChI=1S/C31H32N2O4/c1-3-19-31(32-27(34)24-17-11-6-12-18-24)25(23-15-9-5-10-16-23)21-30(2)33(29(31)36)26(28(35)37-30)20-22-13-7-4-8-14-22/h4-18,25-26H,3,19-21H2,1-2H3,(H,32,34)/t25-,26+,30-,31-/m1/s1. The van der Waals surface area contributed by atoms with Crippen molar-refractivity contribution >= 4 is 17.8 Å². The van der Waals surface area contributed by atoms with Gasteiger partial charge in [-0.3, -0.25) is 14.5 Å². The molecule has 2 aliphatic rings. The van der Waals surface area contributed by atoms with Crippen molar-refractivity contribution in [3.8, 4) is 0 Å². The third kappa shape index (κ3) is 4.41. The van der Waals surface area contributed by atoms with E-state index >= 15 is 0 Å². The smallest absolute Gasteiger partial charge is 0.331 e. The van der Waals surface area contributed by atoms with Gasteiger partial charge in [0.1, 0.15) is 11.6 Å². The minimum absolute atomic E-state index is 0.270. The van der Waals surface area contributed by atoms with Gasteiger partial charge in [-0.25, -0.2) is 4.79 Å². The summed E-state index contributed by atoms with van der Waals surface area (Å²) in [5.41, 5.74) is 0.0246. The number of esters is 1. The molecule has 2 saturated heterocycles. The molecule has 190 valence electrons. The molecule has 5 rings (SSSR count). The van der Waals surface area contributed by atoms with Gasteiger partial charge in [-0.2, -0.15) is 0 Å². The Bertz CT molecular complexity index is 1280. The van der Waals surface area contributed by atoms with E-state index in [1.54, 1.807) is 29.2 Å².